The summed E-state index contributed by atoms with van der Waals surface area (Å²) in [6.45, 7) is 1.79. The molecule has 0 radical (unpaired) electrons. The highest BCUT2D eigenvalue weighted by atomic mass is 16.4. The average molecular weight is 234 g/mol. The lowest BCUT2D eigenvalue weighted by atomic mass is 10.1. The maximum absolute atomic E-state index is 11.8. The first kappa shape index (κ1) is 11.6. The number of rotatable bonds is 4. The van der Waals surface area contributed by atoms with Crippen LogP contribution in [0, 0.1) is 5.41 Å². The minimum atomic E-state index is -1.19. The largest absolute Gasteiger partial charge is 0.480 e. The van der Waals surface area contributed by atoms with E-state index in [-0.39, 0.29) is 6.04 Å². The summed E-state index contributed by atoms with van der Waals surface area (Å²) in [5.74, 6) is -1.45. The number of carbonyl (C=O) groups excluding carboxylic acids is 1. The van der Waals surface area contributed by atoms with E-state index in [1.54, 1.807) is 25.3 Å². The van der Waals surface area contributed by atoms with Crippen molar-refractivity contribution in [1.82, 2.24) is 10.3 Å². The molecule has 90 valence electrons. The first-order valence-electron chi connectivity index (χ1n) is 5.51. The van der Waals surface area contributed by atoms with Gasteiger partial charge in [-0.05, 0) is 31.9 Å². The molecule has 1 aromatic heterocycles. The molecule has 17 heavy (non-hydrogen) atoms. The number of aromatic nitrogens is 1. The summed E-state index contributed by atoms with van der Waals surface area (Å²) in [5, 5.41) is 11.7. The zero-order valence-electron chi connectivity index (χ0n) is 9.51. The molecule has 0 aromatic carbocycles. The van der Waals surface area contributed by atoms with Crippen molar-refractivity contribution in [2.45, 2.75) is 25.8 Å². The fourth-order valence-electron chi connectivity index (χ4n) is 1.70. The Hall–Kier alpha value is -1.91. The molecule has 1 saturated carbocycles. The molecule has 1 aliphatic carbocycles. The van der Waals surface area contributed by atoms with Crippen LogP contribution in [-0.2, 0) is 9.59 Å². The Morgan fingerprint density at radius 2 is 2.18 bits per heavy atom. The molecule has 5 heteroatoms. The number of aliphatic carboxylic acids is 1. The molecule has 1 heterocycles. The lowest BCUT2D eigenvalue weighted by molar-refractivity contribution is -0.149. The van der Waals surface area contributed by atoms with Crippen LogP contribution < -0.4 is 5.32 Å². The van der Waals surface area contributed by atoms with Crippen LogP contribution in [0.25, 0.3) is 0 Å². The molecule has 5 nitrogen and oxygen atoms in total. The Morgan fingerprint density at radius 1 is 1.47 bits per heavy atom. The smallest absolute Gasteiger partial charge is 0.319 e. The molecule has 0 bridgehead atoms. The minimum Gasteiger partial charge on any atom is -0.480 e. The summed E-state index contributed by atoms with van der Waals surface area (Å²) in [5.41, 5.74) is -0.467. The van der Waals surface area contributed by atoms with Crippen LogP contribution in [-0.4, -0.2) is 22.0 Å². The van der Waals surface area contributed by atoms with E-state index in [1.807, 2.05) is 6.07 Å². The predicted molar refractivity (Wildman–Crippen MR) is 60.1 cm³/mol. The van der Waals surface area contributed by atoms with Gasteiger partial charge in [0, 0.05) is 6.20 Å². The second-order valence-electron chi connectivity index (χ2n) is 4.34. The van der Waals surface area contributed by atoms with Crippen LogP contribution in [0.3, 0.4) is 0 Å². The summed E-state index contributed by atoms with van der Waals surface area (Å²) in [6.07, 6.45) is 2.48. The Bertz CT molecular complexity index is 440. The van der Waals surface area contributed by atoms with Crippen molar-refractivity contribution < 1.29 is 14.7 Å². The number of hydrogen-bond acceptors (Lipinski definition) is 3. The lowest BCUT2D eigenvalue weighted by Gasteiger charge is -2.16. The molecule has 1 aromatic rings. The van der Waals surface area contributed by atoms with E-state index in [9.17, 15) is 9.59 Å². The van der Waals surface area contributed by atoms with Gasteiger partial charge in [-0.2, -0.15) is 0 Å². The van der Waals surface area contributed by atoms with Crippen LogP contribution in [0.15, 0.2) is 24.4 Å². The minimum absolute atomic E-state index is 0.277. The van der Waals surface area contributed by atoms with Gasteiger partial charge in [0.05, 0.1) is 11.7 Å². The summed E-state index contributed by atoms with van der Waals surface area (Å²) in [4.78, 5) is 26.9. The van der Waals surface area contributed by atoms with Crippen LogP contribution in [0.2, 0.25) is 0 Å². The zero-order chi connectivity index (χ0) is 12.5. The molecule has 2 rings (SSSR count). The first-order valence-corrected chi connectivity index (χ1v) is 5.51. The highest BCUT2D eigenvalue weighted by Gasteiger charge is 2.57. The van der Waals surface area contributed by atoms with Crippen molar-refractivity contribution in [3.63, 3.8) is 0 Å². The van der Waals surface area contributed by atoms with Crippen LogP contribution >= 0.6 is 0 Å². The Labute approximate surface area is 98.9 Å². The van der Waals surface area contributed by atoms with E-state index in [1.165, 1.54) is 0 Å². The normalized spacial score (nSPS) is 18.2. The second-order valence-corrected chi connectivity index (χ2v) is 4.34. The third-order valence-corrected chi connectivity index (χ3v) is 3.07. The van der Waals surface area contributed by atoms with E-state index < -0.39 is 17.3 Å². The maximum Gasteiger partial charge on any atom is 0.319 e. The van der Waals surface area contributed by atoms with Gasteiger partial charge in [-0.15, -0.1) is 0 Å². The van der Waals surface area contributed by atoms with E-state index in [4.69, 9.17) is 5.11 Å². The van der Waals surface area contributed by atoms with Crippen LogP contribution in [0.5, 0.6) is 0 Å². The quantitative estimate of drug-likeness (QED) is 0.765. The summed E-state index contributed by atoms with van der Waals surface area (Å²) in [6, 6.07) is 5.14. The van der Waals surface area contributed by atoms with Gasteiger partial charge >= 0.3 is 5.97 Å². The Balaban J connectivity index is 2.03. The number of carboxylic acid groups (broad SMARTS) is 1. The molecular weight excluding hydrogens is 220 g/mol. The zero-order valence-corrected chi connectivity index (χ0v) is 9.51. The average Bonchev–Trinajstić information content (AvgIpc) is 3.11. The van der Waals surface area contributed by atoms with E-state index in [0.717, 1.165) is 5.69 Å². The molecule has 1 atom stereocenters. The molecule has 1 amide bonds. The van der Waals surface area contributed by atoms with Gasteiger partial charge in [0.25, 0.3) is 0 Å². The lowest BCUT2D eigenvalue weighted by Crippen LogP contribution is -2.38. The summed E-state index contributed by atoms with van der Waals surface area (Å²) < 4.78 is 0. The highest BCUT2D eigenvalue weighted by molar-refractivity contribution is 6.04. The van der Waals surface area contributed by atoms with Gasteiger partial charge in [0.15, 0.2) is 0 Å². The van der Waals surface area contributed by atoms with Crippen molar-refractivity contribution in [1.29, 1.82) is 0 Å². The van der Waals surface area contributed by atoms with Gasteiger partial charge in [-0.25, -0.2) is 0 Å². The van der Waals surface area contributed by atoms with Gasteiger partial charge in [0.1, 0.15) is 5.41 Å². The standard InChI is InChI=1S/C12H14N2O3/c1-8(9-4-2-3-7-13-9)14-10(15)12(5-6-12)11(16)17/h2-4,7-8H,5-6H2,1H3,(H,14,15)(H,16,17). The number of carboxylic acids is 1. The van der Waals surface area contributed by atoms with Crippen molar-refractivity contribution in [2.75, 3.05) is 0 Å². The molecule has 1 aliphatic rings. The van der Waals surface area contributed by atoms with Gasteiger partial charge in [0.2, 0.25) is 5.91 Å². The highest BCUT2D eigenvalue weighted by Crippen LogP contribution is 2.46. The maximum atomic E-state index is 11.8. The molecule has 0 saturated heterocycles. The molecule has 0 spiro atoms. The van der Waals surface area contributed by atoms with E-state index >= 15 is 0 Å². The first-order chi connectivity index (χ1) is 8.06. The molecule has 1 fully saturated rings. The van der Waals surface area contributed by atoms with Gasteiger partial charge in [-0.1, -0.05) is 6.07 Å². The number of hydrogen-bond donors (Lipinski definition) is 2. The van der Waals surface area contributed by atoms with Crippen molar-refractivity contribution >= 4 is 11.9 Å². The number of nitrogens with zero attached hydrogens (tertiary/aromatic N) is 1. The van der Waals surface area contributed by atoms with Crippen molar-refractivity contribution in [3.05, 3.63) is 30.1 Å². The second kappa shape index (κ2) is 4.16. The molecule has 0 aliphatic heterocycles. The summed E-state index contributed by atoms with van der Waals surface area (Å²) in [7, 11) is 0. The number of nitrogens with one attached hydrogen (secondary N) is 1. The number of carbonyl (C=O) groups is 2. The van der Waals surface area contributed by atoms with Crippen molar-refractivity contribution in [2.24, 2.45) is 5.41 Å². The summed E-state index contributed by atoms with van der Waals surface area (Å²) >= 11 is 0. The third-order valence-electron chi connectivity index (χ3n) is 3.07. The topological polar surface area (TPSA) is 79.3 Å². The number of pyridine rings is 1. The van der Waals surface area contributed by atoms with Crippen LogP contribution in [0.4, 0.5) is 0 Å². The van der Waals surface area contributed by atoms with E-state index in [0.29, 0.717) is 12.8 Å². The molecule has 1 unspecified atom stereocenters. The fourth-order valence-corrected chi connectivity index (χ4v) is 1.70. The SMILES string of the molecule is CC(NC(=O)C1(C(=O)O)CC1)c1ccccn1. The molecule has 2 N–H and O–H groups in total. The number of amides is 1. The monoisotopic (exact) mass is 234 g/mol. The van der Waals surface area contributed by atoms with E-state index in [2.05, 4.69) is 10.3 Å². The van der Waals surface area contributed by atoms with Crippen molar-refractivity contribution in [3.8, 4) is 0 Å². The van der Waals surface area contributed by atoms with Gasteiger partial charge in [-0.3, -0.25) is 14.6 Å². The Morgan fingerprint density at radius 3 is 2.65 bits per heavy atom. The third kappa shape index (κ3) is 2.13. The predicted octanol–water partition coefficient (Wildman–Crippen LogP) is 1.12. The fraction of sp³-hybridized carbons (Fsp3) is 0.417. The molecular formula is C12H14N2O3. The van der Waals surface area contributed by atoms with Gasteiger partial charge < -0.3 is 10.4 Å². The van der Waals surface area contributed by atoms with Crippen LogP contribution in [0.1, 0.15) is 31.5 Å². The Kier molecular flexibility index (Phi) is 2.83.